The largest absolute Gasteiger partial charge is 0.383 e. The van der Waals surface area contributed by atoms with Gasteiger partial charge in [0.25, 0.3) is 0 Å². The summed E-state index contributed by atoms with van der Waals surface area (Å²) in [4.78, 5) is 16.1. The summed E-state index contributed by atoms with van der Waals surface area (Å²) in [5.41, 5.74) is 5.14. The van der Waals surface area contributed by atoms with Gasteiger partial charge in [0, 0.05) is 0 Å². The molecule has 1 heterocycles. The summed E-state index contributed by atoms with van der Waals surface area (Å²) in [6.07, 6.45) is 0. The van der Waals surface area contributed by atoms with E-state index in [1.165, 1.54) is 13.0 Å². The van der Waals surface area contributed by atoms with E-state index >= 15 is 0 Å². The molecule has 0 radical (unpaired) electrons. The van der Waals surface area contributed by atoms with Crippen LogP contribution in [0, 0.1) is 40.1 Å². The van der Waals surface area contributed by atoms with Crippen LogP contribution in [0.4, 0.5) is 24.7 Å². The van der Waals surface area contributed by atoms with Crippen LogP contribution in [-0.4, -0.2) is 16.1 Å². The molecule has 0 aliphatic heterocycles. The second-order valence-electron chi connectivity index (χ2n) is 4.97. The zero-order chi connectivity index (χ0) is 19.4. The van der Waals surface area contributed by atoms with E-state index in [2.05, 4.69) is 10.3 Å². The fraction of sp³-hybridized carbons (Fsp3) is 0.125. The highest BCUT2D eigenvalue weighted by Crippen LogP contribution is 2.28. The molecule has 2 rings (SSSR count). The summed E-state index contributed by atoms with van der Waals surface area (Å²) in [6, 6.07) is 6.44. The number of thioether (sulfide) groups is 1. The highest BCUT2D eigenvalue weighted by molar-refractivity contribution is 8.00. The standard InChI is InChI=1S/C16H10F3N5OS/c1-7(15(25)23-11-3-2-10(17)12(18)13(11)19)26-16-9(6-21)4-8(5-20)14(22)24-16/h2-4,7H,1H3,(H2,22,24)(H,23,25)/t7-/m1/s1. The molecule has 0 aliphatic rings. The van der Waals surface area contributed by atoms with Crippen LogP contribution in [0.2, 0.25) is 0 Å². The Hall–Kier alpha value is -3.24. The van der Waals surface area contributed by atoms with E-state index in [4.69, 9.17) is 16.3 Å². The number of nitrogens with one attached hydrogen (secondary N) is 1. The van der Waals surface area contributed by atoms with Crippen molar-refractivity contribution in [1.82, 2.24) is 4.98 Å². The molecule has 0 fully saturated rings. The Balaban J connectivity index is 2.21. The average Bonchev–Trinajstić information content (AvgIpc) is 2.62. The number of hydrogen-bond acceptors (Lipinski definition) is 6. The first kappa shape index (κ1) is 19.1. The molecule has 1 atom stereocenters. The summed E-state index contributed by atoms with van der Waals surface area (Å²) >= 11 is 0.843. The maximum Gasteiger partial charge on any atom is 0.237 e. The van der Waals surface area contributed by atoms with Gasteiger partial charge in [0.05, 0.1) is 22.1 Å². The predicted octanol–water partition coefficient (Wildman–Crippen LogP) is 2.94. The van der Waals surface area contributed by atoms with Gasteiger partial charge in [-0.3, -0.25) is 4.79 Å². The molecule has 1 aromatic heterocycles. The normalized spacial score (nSPS) is 11.3. The molecule has 0 saturated heterocycles. The lowest BCUT2D eigenvalue weighted by atomic mass is 10.2. The van der Waals surface area contributed by atoms with Crippen LogP contribution in [0.1, 0.15) is 18.1 Å². The van der Waals surface area contributed by atoms with E-state index in [1.807, 2.05) is 6.07 Å². The second kappa shape index (κ2) is 7.76. The number of aromatic nitrogens is 1. The van der Waals surface area contributed by atoms with Crippen molar-refractivity contribution >= 4 is 29.2 Å². The van der Waals surface area contributed by atoms with Crippen LogP contribution in [0.15, 0.2) is 23.2 Å². The first-order valence-electron chi connectivity index (χ1n) is 7.00. The molecule has 0 spiro atoms. The Bertz CT molecular complexity index is 968. The molecule has 6 nitrogen and oxygen atoms in total. The van der Waals surface area contributed by atoms with Crippen LogP contribution >= 0.6 is 11.8 Å². The molecule has 0 saturated carbocycles. The summed E-state index contributed by atoms with van der Waals surface area (Å²) in [5, 5.41) is 19.4. The van der Waals surface area contributed by atoms with Gasteiger partial charge >= 0.3 is 0 Å². The van der Waals surface area contributed by atoms with E-state index in [0.717, 1.165) is 17.8 Å². The number of anilines is 2. The minimum atomic E-state index is -1.70. The first-order chi connectivity index (χ1) is 12.3. The molecular weight excluding hydrogens is 367 g/mol. The Kier molecular flexibility index (Phi) is 5.70. The van der Waals surface area contributed by atoms with Crippen molar-refractivity contribution < 1.29 is 18.0 Å². The van der Waals surface area contributed by atoms with Gasteiger partial charge in [-0.05, 0) is 25.1 Å². The molecule has 26 heavy (non-hydrogen) atoms. The van der Waals surface area contributed by atoms with E-state index in [1.54, 1.807) is 6.07 Å². The lowest BCUT2D eigenvalue weighted by Crippen LogP contribution is -2.23. The van der Waals surface area contributed by atoms with Crippen LogP contribution < -0.4 is 11.1 Å². The third-order valence-corrected chi connectivity index (χ3v) is 4.31. The molecule has 3 N–H and O–H groups in total. The van der Waals surface area contributed by atoms with E-state index in [0.29, 0.717) is 6.07 Å². The molecule has 0 bridgehead atoms. The Morgan fingerprint density at radius 1 is 1.23 bits per heavy atom. The van der Waals surface area contributed by atoms with Crippen molar-refractivity contribution in [3.8, 4) is 12.1 Å². The molecule has 10 heteroatoms. The fourth-order valence-electron chi connectivity index (χ4n) is 1.85. The number of carbonyl (C=O) groups excluding carboxylic acids is 1. The Labute approximate surface area is 150 Å². The molecule has 1 aromatic carbocycles. The van der Waals surface area contributed by atoms with Gasteiger partial charge in [-0.15, -0.1) is 0 Å². The number of hydrogen-bond donors (Lipinski definition) is 2. The van der Waals surface area contributed by atoms with Crippen LogP contribution in [0.5, 0.6) is 0 Å². The smallest absolute Gasteiger partial charge is 0.237 e. The number of carbonyl (C=O) groups is 1. The van der Waals surface area contributed by atoms with Crippen molar-refractivity contribution in [2.45, 2.75) is 17.2 Å². The van der Waals surface area contributed by atoms with E-state index < -0.39 is 34.3 Å². The van der Waals surface area contributed by atoms with Gasteiger partial charge in [0.1, 0.15) is 23.0 Å². The number of amides is 1. The van der Waals surface area contributed by atoms with Crippen LogP contribution in [-0.2, 0) is 4.79 Å². The third-order valence-electron chi connectivity index (χ3n) is 3.21. The van der Waals surface area contributed by atoms with E-state index in [9.17, 15) is 18.0 Å². The predicted molar refractivity (Wildman–Crippen MR) is 88.3 cm³/mol. The van der Waals surface area contributed by atoms with Crippen LogP contribution in [0.3, 0.4) is 0 Å². The lowest BCUT2D eigenvalue weighted by molar-refractivity contribution is -0.115. The number of nitrogen functional groups attached to an aromatic ring is 1. The van der Waals surface area contributed by atoms with Crippen molar-refractivity contribution in [2.75, 3.05) is 11.1 Å². The minimum absolute atomic E-state index is 0.0202. The van der Waals surface area contributed by atoms with Crippen molar-refractivity contribution in [3.63, 3.8) is 0 Å². The number of nitrogens with zero attached hydrogens (tertiary/aromatic N) is 3. The summed E-state index contributed by atoms with van der Waals surface area (Å²) in [6.45, 7) is 1.44. The highest BCUT2D eigenvalue weighted by atomic mass is 32.2. The Morgan fingerprint density at radius 2 is 1.88 bits per heavy atom. The second-order valence-corrected chi connectivity index (χ2v) is 6.30. The summed E-state index contributed by atoms with van der Waals surface area (Å²) in [5.74, 6) is -5.42. The zero-order valence-corrected chi connectivity index (χ0v) is 14.0. The average molecular weight is 377 g/mol. The molecular formula is C16H10F3N5OS. The van der Waals surface area contributed by atoms with Gasteiger partial charge in [-0.25, -0.2) is 18.2 Å². The van der Waals surface area contributed by atoms with Gasteiger partial charge < -0.3 is 11.1 Å². The zero-order valence-electron chi connectivity index (χ0n) is 13.2. The van der Waals surface area contributed by atoms with Crippen molar-refractivity contribution in [1.29, 1.82) is 10.5 Å². The monoisotopic (exact) mass is 377 g/mol. The number of pyridine rings is 1. The van der Waals surface area contributed by atoms with Crippen molar-refractivity contribution in [2.24, 2.45) is 0 Å². The van der Waals surface area contributed by atoms with Crippen molar-refractivity contribution in [3.05, 3.63) is 46.8 Å². The molecule has 0 aliphatic carbocycles. The lowest BCUT2D eigenvalue weighted by Gasteiger charge is -2.13. The van der Waals surface area contributed by atoms with E-state index in [-0.39, 0.29) is 22.0 Å². The fourth-order valence-corrected chi connectivity index (χ4v) is 2.73. The number of halogens is 3. The maximum atomic E-state index is 13.6. The van der Waals surface area contributed by atoms with Gasteiger partial charge in [0.2, 0.25) is 5.91 Å². The number of nitrogens with two attached hydrogens (primary N) is 1. The van der Waals surface area contributed by atoms with Gasteiger partial charge in [0.15, 0.2) is 17.5 Å². The van der Waals surface area contributed by atoms with Gasteiger partial charge in [-0.2, -0.15) is 10.5 Å². The van der Waals surface area contributed by atoms with Gasteiger partial charge in [-0.1, -0.05) is 11.8 Å². The number of rotatable bonds is 4. The minimum Gasteiger partial charge on any atom is -0.383 e. The number of nitriles is 2. The molecule has 1 amide bonds. The Morgan fingerprint density at radius 3 is 2.50 bits per heavy atom. The summed E-state index contributed by atoms with van der Waals surface area (Å²) < 4.78 is 39.8. The molecule has 2 aromatic rings. The van der Waals surface area contributed by atoms with Crippen LogP contribution in [0.25, 0.3) is 0 Å². The molecule has 132 valence electrons. The third kappa shape index (κ3) is 3.87. The molecule has 0 unspecified atom stereocenters. The quantitative estimate of drug-likeness (QED) is 0.625. The topological polar surface area (TPSA) is 116 Å². The first-order valence-corrected chi connectivity index (χ1v) is 7.88. The SMILES string of the molecule is C[C@@H](Sc1nc(N)c(C#N)cc1C#N)C(=O)Nc1ccc(F)c(F)c1F. The summed E-state index contributed by atoms with van der Waals surface area (Å²) in [7, 11) is 0. The highest BCUT2D eigenvalue weighted by Gasteiger charge is 2.21. The number of benzene rings is 1. The maximum absolute atomic E-state index is 13.6.